The van der Waals surface area contributed by atoms with Crippen molar-refractivity contribution in [2.24, 2.45) is 0 Å². The standard InChI is InChI=1S/C3H3N3O2.NO3/c7-6(8)5-2-1-4-3-5;2-1(3)4/h1-3H;/q;-1/p+1. The van der Waals surface area contributed by atoms with E-state index >= 15 is 0 Å². The fraction of sp³-hybridized carbons (Fsp3) is 0. The second kappa shape index (κ2) is 4.60. The Hall–Kier alpha value is -2.19. The van der Waals surface area contributed by atoms with Crippen LogP contribution in [0, 0.1) is 25.4 Å². The van der Waals surface area contributed by atoms with E-state index in [1.807, 2.05) is 0 Å². The smallest absolute Gasteiger partial charge is 0.310 e. The quantitative estimate of drug-likeness (QED) is 0.336. The molecule has 0 aliphatic heterocycles. The molecule has 0 aliphatic rings. The number of imidazole rings is 1. The van der Waals surface area contributed by atoms with Gasteiger partial charge in [-0.25, -0.2) is 15.1 Å². The first-order chi connectivity index (χ1) is 5.54. The van der Waals surface area contributed by atoms with Crippen LogP contribution in [-0.4, -0.2) is 15.1 Å². The van der Waals surface area contributed by atoms with Crippen molar-refractivity contribution in [2.45, 2.75) is 0 Å². The highest BCUT2D eigenvalue weighted by atomic mass is 16.9. The fourth-order valence-electron chi connectivity index (χ4n) is 0.383. The number of aromatic amines is 1. The third-order valence-corrected chi connectivity index (χ3v) is 0.719. The largest absolute Gasteiger partial charge is 0.356 e. The summed E-state index contributed by atoms with van der Waals surface area (Å²) in [6.45, 7) is 0. The van der Waals surface area contributed by atoms with Gasteiger partial charge in [-0.1, -0.05) is 0 Å². The minimum Gasteiger partial charge on any atom is -0.356 e. The van der Waals surface area contributed by atoms with Gasteiger partial charge in [0, 0.05) is 0 Å². The van der Waals surface area contributed by atoms with Crippen LogP contribution < -0.4 is 4.68 Å². The number of nitrogens with zero attached hydrogens (tertiary/aromatic N) is 3. The van der Waals surface area contributed by atoms with Gasteiger partial charge in [-0.05, 0) is 0 Å². The normalized spacial score (nSPS) is 8.00. The Labute approximate surface area is 65.1 Å². The fourth-order valence-corrected chi connectivity index (χ4v) is 0.383. The average Bonchev–Trinajstić information content (AvgIpc) is 2.34. The van der Waals surface area contributed by atoms with Crippen LogP contribution in [0.25, 0.3) is 0 Å². The Kier molecular flexibility index (Phi) is 3.76. The molecule has 9 nitrogen and oxygen atoms in total. The second-order valence-corrected chi connectivity index (χ2v) is 1.45. The molecule has 0 saturated carbocycles. The van der Waals surface area contributed by atoms with Crippen LogP contribution >= 0.6 is 0 Å². The highest BCUT2D eigenvalue weighted by Crippen LogP contribution is 1.65. The van der Waals surface area contributed by atoms with Gasteiger partial charge in [0.05, 0.1) is 9.76 Å². The van der Waals surface area contributed by atoms with Gasteiger partial charge in [0.2, 0.25) is 6.20 Å². The number of rotatable bonds is 1. The maximum absolute atomic E-state index is 9.81. The summed E-state index contributed by atoms with van der Waals surface area (Å²) in [5.74, 6) is 0. The molecular formula is C3H4N4O5. The number of aromatic nitrogens is 2. The molecule has 0 aliphatic carbocycles. The van der Waals surface area contributed by atoms with Crippen LogP contribution in [-0.2, 0) is 0 Å². The number of hydrogen-bond acceptors (Lipinski definition) is 5. The summed E-state index contributed by atoms with van der Waals surface area (Å²) in [4.78, 5) is 20.6. The Bertz CT molecular complexity index is 252. The first kappa shape index (κ1) is 9.81. The molecule has 0 fully saturated rings. The minimum absolute atomic E-state index is 0.531. The van der Waals surface area contributed by atoms with E-state index in [2.05, 4.69) is 4.98 Å². The number of H-pyrrole nitrogens is 1. The van der Waals surface area contributed by atoms with Crippen molar-refractivity contribution >= 4 is 0 Å². The Morgan fingerprint density at radius 1 is 1.25 bits per heavy atom. The maximum atomic E-state index is 9.81. The molecule has 1 heterocycles. The van der Waals surface area contributed by atoms with Crippen LogP contribution in [0.15, 0.2) is 18.7 Å². The van der Waals surface area contributed by atoms with E-state index in [0.29, 0.717) is 0 Å². The first-order valence-corrected chi connectivity index (χ1v) is 2.54. The zero-order valence-electron chi connectivity index (χ0n) is 5.61. The third-order valence-electron chi connectivity index (χ3n) is 0.719. The summed E-state index contributed by atoms with van der Waals surface area (Å²) in [6.07, 6.45) is 4.04. The van der Waals surface area contributed by atoms with Gasteiger partial charge in [-0.15, -0.1) is 0 Å². The lowest BCUT2D eigenvalue weighted by Crippen LogP contribution is -2.39. The molecule has 1 N–H and O–H groups in total. The molecule has 0 spiro atoms. The minimum atomic E-state index is -1.75. The zero-order chi connectivity index (χ0) is 9.56. The second-order valence-electron chi connectivity index (χ2n) is 1.45. The van der Waals surface area contributed by atoms with Crippen LogP contribution in [0.2, 0.25) is 0 Å². The van der Waals surface area contributed by atoms with E-state index in [1.54, 1.807) is 0 Å². The molecular weight excluding hydrogens is 172 g/mol. The number of nitrogens with one attached hydrogen (secondary N) is 1. The van der Waals surface area contributed by atoms with Crippen LogP contribution in [0.5, 0.6) is 0 Å². The van der Waals surface area contributed by atoms with Gasteiger partial charge in [-0.3, -0.25) is 0 Å². The third kappa shape index (κ3) is 4.67. The van der Waals surface area contributed by atoms with Crippen molar-refractivity contribution in [3.63, 3.8) is 0 Å². The molecule has 0 bridgehead atoms. The van der Waals surface area contributed by atoms with Gasteiger partial charge < -0.3 is 15.3 Å². The lowest BCUT2D eigenvalue weighted by Gasteiger charge is -1.74. The first-order valence-electron chi connectivity index (χ1n) is 2.54. The van der Waals surface area contributed by atoms with Crippen molar-refractivity contribution in [1.29, 1.82) is 0 Å². The van der Waals surface area contributed by atoms with Crippen LogP contribution in [0.3, 0.4) is 0 Å². The van der Waals surface area contributed by atoms with Crippen molar-refractivity contribution in [3.8, 4) is 0 Å². The molecule has 0 unspecified atom stereocenters. The highest BCUT2D eigenvalue weighted by Gasteiger charge is 2.04. The molecule has 66 valence electrons. The van der Waals surface area contributed by atoms with Crippen LogP contribution in [0.1, 0.15) is 0 Å². The predicted molar refractivity (Wildman–Crippen MR) is 33.7 cm³/mol. The average molecular weight is 176 g/mol. The number of nitro groups is 1. The van der Waals surface area contributed by atoms with Crippen molar-refractivity contribution in [3.05, 3.63) is 44.2 Å². The predicted octanol–water partition coefficient (Wildman–Crippen LogP) is -0.897. The van der Waals surface area contributed by atoms with Crippen molar-refractivity contribution in [2.75, 3.05) is 0 Å². The molecule has 0 saturated heterocycles. The van der Waals surface area contributed by atoms with Crippen molar-refractivity contribution < 1.29 is 14.8 Å². The lowest BCUT2D eigenvalue weighted by atomic mass is 11.0. The Morgan fingerprint density at radius 3 is 1.92 bits per heavy atom. The van der Waals surface area contributed by atoms with E-state index in [4.69, 9.17) is 15.3 Å². The van der Waals surface area contributed by atoms with Crippen molar-refractivity contribution in [1.82, 2.24) is 4.98 Å². The van der Waals surface area contributed by atoms with E-state index in [1.165, 1.54) is 18.7 Å². The molecule has 9 heteroatoms. The molecule has 0 amide bonds. The Morgan fingerprint density at radius 2 is 1.75 bits per heavy atom. The molecule has 1 aromatic rings. The van der Waals surface area contributed by atoms with Gasteiger partial charge in [0.1, 0.15) is 6.20 Å². The maximum Gasteiger partial charge on any atom is 0.310 e. The summed E-state index contributed by atoms with van der Waals surface area (Å²) in [6, 6.07) is 0. The topological polar surface area (TPSA) is 129 Å². The lowest BCUT2D eigenvalue weighted by molar-refractivity contribution is -1.19. The molecule has 0 radical (unpaired) electrons. The van der Waals surface area contributed by atoms with E-state index in [0.717, 1.165) is 4.68 Å². The monoisotopic (exact) mass is 176 g/mol. The molecule has 0 atom stereocenters. The van der Waals surface area contributed by atoms with Gasteiger partial charge in [0.25, 0.3) is 5.03 Å². The molecule has 12 heavy (non-hydrogen) atoms. The zero-order valence-corrected chi connectivity index (χ0v) is 5.61. The van der Waals surface area contributed by atoms with Gasteiger partial charge >= 0.3 is 6.33 Å². The summed E-state index contributed by atoms with van der Waals surface area (Å²) in [5, 5.41) is 24.0. The highest BCUT2D eigenvalue weighted by molar-refractivity contribution is 4.53. The molecule has 1 aromatic heterocycles. The van der Waals surface area contributed by atoms with E-state index < -0.39 is 10.1 Å². The SMILES string of the molecule is O=[N+]([O-])[O-].O=[N+]([O-])[n+]1cc[nH]c1. The molecule has 1 rings (SSSR count). The molecule has 0 aromatic carbocycles. The van der Waals surface area contributed by atoms with Crippen LogP contribution in [0.4, 0.5) is 0 Å². The summed E-state index contributed by atoms with van der Waals surface area (Å²) in [5.41, 5.74) is 0. The van der Waals surface area contributed by atoms with Gasteiger partial charge in [0.15, 0.2) is 0 Å². The van der Waals surface area contributed by atoms with E-state index in [-0.39, 0.29) is 0 Å². The summed E-state index contributed by atoms with van der Waals surface area (Å²) >= 11 is 0. The van der Waals surface area contributed by atoms with E-state index in [9.17, 15) is 10.1 Å². The Balaban J connectivity index is 0.000000261. The summed E-state index contributed by atoms with van der Waals surface area (Å²) in [7, 11) is 0. The summed E-state index contributed by atoms with van der Waals surface area (Å²) < 4.78 is 0.833. The van der Waals surface area contributed by atoms with Gasteiger partial charge in [-0.2, -0.15) is 0 Å². The number of hydrogen-bond donors (Lipinski definition) is 1.